The molecule has 0 aliphatic carbocycles. The molecule has 0 fully saturated rings. The molecule has 0 amide bonds. The smallest absolute Gasteiger partial charge is 0.340 e. The Morgan fingerprint density at radius 3 is 2.67 bits per heavy atom. The monoisotopic (exact) mass is 265 g/mol. The van der Waals surface area contributed by atoms with Crippen LogP contribution in [0.5, 0.6) is 0 Å². The van der Waals surface area contributed by atoms with Crippen molar-refractivity contribution in [2.75, 3.05) is 6.54 Å². The Balaban J connectivity index is 2.08. The van der Waals surface area contributed by atoms with Gasteiger partial charge in [0.15, 0.2) is 5.82 Å². The molecule has 0 spiro atoms. The van der Waals surface area contributed by atoms with Crippen LogP contribution in [0.25, 0.3) is 0 Å². The van der Waals surface area contributed by atoms with Gasteiger partial charge in [-0.1, -0.05) is 5.16 Å². The maximum atomic E-state index is 11.9. The summed E-state index contributed by atoms with van der Waals surface area (Å²) in [5.41, 5.74) is 0. The molecule has 1 aromatic rings. The standard InChI is InChI=1S/C11H18F3N3O/c1-8(4-3-6-11(12,13)14)15-7-5-10-16-9(2)18-17-10/h8,15H,3-7H2,1-2H3. The van der Waals surface area contributed by atoms with Gasteiger partial charge < -0.3 is 9.84 Å². The van der Waals surface area contributed by atoms with Crippen molar-refractivity contribution in [1.82, 2.24) is 15.5 Å². The number of nitrogens with zero attached hydrogens (tertiary/aromatic N) is 2. The molecule has 0 saturated carbocycles. The third-order valence-corrected chi connectivity index (χ3v) is 2.51. The first-order chi connectivity index (χ1) is 8.37. The minimum Gasteiger partial charge on any atom is -0.340 e. The molecule has 1 aromatic heterocycles. The third kappa shape index (κ3) is 6.58. The van der Waals surface area contributed by atoms with Crippen LogP contribution in [-0.2, 0) is 6.42 Å². The first kappa shape index (κ1) is 14.9. The van der Waals surface area contributed by atoms with Crippen LogP contribution in [0.2, 0.25) is 0 Å². The highest BCUT2D eigenvalue weighted by Gasteiger charge is 2.26. The van der Waals surface area contributed by atoms with Gasteiger partial charge in [-0.05, 0) is 19.8 Å². The summed E-state index contributed by atoms with van der Waals surface area (Å²) in [6.07, 6.45) is -3.50. The molecule has 0 radical (unpaired) electrons. The zero-order valence-electron chi connectivity index (χ0n) is 10.5. The Labute approximate surface area is 104 Å². The van der Waals surface area contributed by atoms with Crippen molar-refractivity contribution in [2.24, 2.45) is 0 Å². The molecule has 0 aliphatic rings. The van der Waals surface area contributed by atoms with Crippen LogP contribution >= 0.6 is 0 Å². The van der Waals surface area contributed by atoms with E-state index in [2.05, 4.69) is 15.5 Å². The van der Waals surface area contributed by atoms with Gasteiger partial charge in [-0.2, -0.15) is 18.2 Å². The van der Waals surface area contributed by atoms with Crippen molar-refractivity contribution in [3.05, 3.63) is 11.7 Å². The summed E-state index contributed by atoms with van der Waals surface area (Å²) in [4.78, 5) is 4.04. The Hall–Kier alpha value is -1.11. The topological polar surface area (TPSA) is 51.0 Å². The SMILES string of the molecule is Cc1nc(CCNC(C)CCCC(F)(F)F)no1. The summed E-state index contributed by atoms with van der Waals surface area (Å²) in [7, 11) is 0. The highest BCUT2D eigenvalue weighted by atomic mass is 19.4. The van der Waals surface area contributed by atoms with Gasteiger partial charge in [0.2, 0.25) is 5.89 Å². The average Bonchev–Trinajstić information content (AvgIpc) is 2.62. The minimum absolute atomic E-state index is 0.0559. The summed E-state index contributed by atoms with van der Waals surface area (Å²) >= 11 is 0. The second-order valence-electron chi connectivity index (χ2n) is 4.34. The van der Waals surface area contributed by atoms with E-state index in [9.17, 15) is 13.2 Å². The number of hydrogen-bond acceptors (Lipinski definition) is 4. The van der Waals surface area contributed by atoms with Crippen LogP contribution in [0.15, 0.2) is 4.52 Å². The normalized spacial score (nSPS) is 13.8. The summed E-state index contributed by atoms with van der Waals surface area (Å²) in [6, 6.07) is 0.0559. The van der Waals surface area contributed by atoms with Gasteiger partial charge in [0.25, 0.3) is 0 Å². The first-order valence-electron chi connectivity index (χ1n) is 5.96. The fraction of sp³-hybridized carbons (Fsp3) is 0.818. The summed E-state index contributed by atoms with van der Waals surface area (Å²) < 4.78 is 40.6. The van der Waals surface area contributed by atoms with Crippen molar-refractivity contribution in [1.29, 1.82) is 0 Å². The number of alkyl halides is 3. The highest BCUT2D eigenvalue weighted by Crippen LogP contribution is 2.22. The quantitative estimate of drug-likeness (QED) is 0.823. The zero-order chi connectivity index (χ0) is 13.6. The van der Waals surface area contributed by atoms with Crippen LogP contribution in [0.3, 0.4) is 0 Å². The lowest BCUT2D eigenvalue weighted by Gasteiger charge is -2.13. The molecule has 0 aromatic carbocycles. The Bertz CT molecular complexity index is 352. The van der Waals surface area contributed by atoms with E-state index in [1.54, 1.807) is 6.92 Å². The van der Waals surface area contributed by atoms with Crippen molar-refractivity contribution >= 4 is 0 Å². The second-order valence-corrected chi connectivity index (χ2v) is 4.34. The number of halogens is 3. The molecule has 0 bridgehead atoms. The van der Waals surface area contributed by atoms with Gasteiger partial charge >= 0.3 is 6.18 Å². The summed E-state index contributed by atoms with van der Waals surface area (Å²) in [6.45, 7) is 4.22. The average molecular weight is 265 g/mol. The molecule has 104 valence electrons. The maximum absolute atomic E-state index is 11.9. The lowest BCUT2D eigenvalue weighted by Crippen LogP contribution is -2.28. The van der Waals surface area contributed by atoms with E-state index in [1.807, 2.05) is 6.92 Å². The molecule has 1 N–H and O–H groups in total. The Morgan fingerprint density at radius 2 is 2.11 bits per heavy atom. The number of nitrogens with one attached hydrogen (secondary N) is 1. The number of aryl methyl sites for hydroxylation is 1. The summed E-state index contributed by atoms with van der Waals surface area (Å²) in [5, 5.41) is 6.87. The molecular weight excluding hydrogens is 247 g/mol. The Kier molecular flexibility index (Phi) is 5.58. The predicted octanol–water partition coefficient (Wildman–Crippen LogP) is 2.63. The van der Waals surface area contributed by atoms with Crippen molar-refractivity contribution < 1.29 is 17.7 Å². The van der Waals surface area contributed by atoms with Crippen LogP contribution < -0.4 is 5.32 Å². The van der Waals surface area contributed by atoms with Crippen LogP contribution in [0.4, 0.5) is 13.2 Å². The van der Waals surface area contributed by atoms with E-state index in [4.69, 9.17) is 4.52 Å². The minimum atomic E-state index is -4.05. The fourth-order valence-corrected chi connectivity index (χ4v) is 1.58. The van der Waals surface area contributed by atoms with E-state index in [1.165, 1.54) is 0 Å². The number of hydrogen-bond donors (Lipinski definition) is 1. The zero-order valence-corrected chi connectivity index (χ0v) is 10.5. The largest absolute Gasteiger partial charge is 0.389 e. The van der Waals surface area contributed by atoms with Crippen LogP contribution in [0.1, 0.15) is 37.9 Å². The first-order valence-corrected chi connectivity index (χ1v) is 5.96. The molecule has 1 unspecified atom stereocenters. The maximum Gasteiger partial charge on any atom is 0.389 e. The third-order valence-electron chi connectivity index (χ3n) is 2.51. The van der Waals surface area contributed by atoms with E-state index >= 15 is 0 Å². The number of rotatable bonds is 7. The molecule has 1 rings (SSSR count). The molecular formula is C11H18F3N3O. The molecule has 0 saturated heterocycles. The predicted molar refractivity (Wildman–Crippen MR) is 60.1 cm³/mol. The molecule has 7 heteroatoms. The van der Waals surface area contributed by atoms with Crippen LogP contribution in [-0.4, -0.2) is 28.9 Å². The Morgan fingerprint density at radius 1 is 1.39 bits per heavy atom. The lowest BCUT2D eigenvalue weighted by molar-refractivity contribution is -0.135. The molecule has 4 nitrogen and oxygen atoms in total. The van der Waals surface area contributed by atoms with E-state index in [-0.39, 0.29) is 12.5 Å². The lowest BCUT2D eigenvalue weighted by atomic mass is 10.1. The molecule has 1 atom stereocenters. The van der Waals surface area contributed by atoms with Crippen molar-refractivity contribution in [2.45, 2.75) is 51.7 Å². The molecule has 18 heavy (non-hydrogen) atoms. The van der Waals surface area contributed by atoms with Crippen molar-refractivity contribution in [3.8, 4) is 0 Å². The highest BCUT2D eigenvalue weighted by molar-refractivity contribution is 4.84. The van der Waals surface area contributed by atoms with Gasteiger partial charge in [0.1, 0.15) is 0 Å². The van der Waals surface area contributed by atoms with Crippen LogP contribution in [0, 0.1) is 6.92 Å². The molecule has 0 aliphatic heterocycles. The number of aromatic nitrogens is 2. The van der Waals surface area contributed by atoms with Gasteiger partial charge in [-0.25, -0.2) is 0 Å². The van der Waals surface area contributed by atoms with Crippen molar-refractivity contribution in [3.63, 3.8) is 0 Å². The van der Waals surface area contributed by atoms with E-state index in [0.717, 1.165) is 0 Å². The fourth-order valence-electron chi connectivity index (χ4n) is 1.58. The van der Waals surface area contributed by atoms with Gasteiger partial charge in [0, 0.05) is 32.4 Å². The van der Waals surface area contributed by atoms with Gasteiger partial charge in [-0.15, -0.1) is 0 Å². The summed E-state index contributed by atoms with van der Waals surface area (Å²) in [5.74, 6) is 1.13. The van der Waals surface area contributed by atoms with E-state index < -0.39 is 12.6 Å². The second kappa shape index (κ2) is 6.72. The van der Waals surface area contributed by atoms with E-state index in [0.29, 0.717) is 31.1 Å². The van der Waals surface area contributed by atoms with Gasteiger partial charge in [-0.3, -0.25) is 0 Å². The molecule has 1 heterocycles. The van der Waals surface area contributed by atoms with Gasteiger partial charge in [0.05, 0.1) is 0 Å².